The minimum Gasteiger partial charge on any atom is -0.366 e. The molecule has 0 heterocycles. The molecule has 8 heteroatoms. The van der Waals surface area contributed by atoms with Crippen molar-refractivity contribution in [1.82, 2.24) is 4.72 Å². The Kier molecular flexibility index (Phi) is 6.80. The van der Waals surface area contributed by atoms with E-state index in [2.05, 4.69) is 4.72 Å². The zero-order valence-corrected chi connectivity index (χ0v) is 13.8. The summed E-state index contributed by atoms with van der Waals surface area (Å²) in [5, 5.41) is 0. The summed E-state index contributed by atoms with van der Waals surface area (Å²) in [6, 6.07) is 5.44. The molecule has 124 valence electrons. The van der Waals surface area contributed by atoms with Gasteiger partial charge in [0.25, 0.3) is 0 Å². The molecular formula is C14H22ClN3O3S. The predicted molar refractivity (Wildman–Crippen MR) is 87.3 cm³/mol. The first-order valence-corrected chi connectivity index (χ1v) is 8.54. The topological polar surface area (TPSA) is 115 Å². The van der Waals surface area contributed by atoms with E-state index in [9.17, 15) is 13.2 Å². The van der Waals surface area contributed by atoms with Crippen molar-refractivity contribution in [1.29, 1.82) is 0 Å². The van der Waals surface area contributed by atoms with Gasteiger partial charge in [-0.2, -0.15) is 0 Å². The van der Waals surface area contributed by atoms with Gasteiger partial charge in [0.2, 0.25) is 15.9 Å². The summed E-state index contributed by atoms with van der Waals surface area (Å²) < 4.78 is 27.5. The largest absolute Gasteiger partial charge is 0.366 e. The maximum absolute atomic E-state index is 12.4. The fourth-order valence-electron chi connectivity index (χ4n) is 2.78. The Balaban J connectivity index is 0.00000242. The summed E-state index contributed by atoms with van der Waals surface area (Å²) in [5.74, 6) is -0.373. The number of carbonyl (C=O) groups is 1. The number of primary amides is 1. The van der Waals surface area contributed by atoms with Gasteiger partial charge in [-0.1, -0.05) is 18.9 Å². The number of halogens is 1. The average molecular weight is 348 g/mol. The lowest BCUT2D eigenvalue weighted by Gasteiger charge is -2.23. The van der Waals surface area contributed by atoms with Crippen molar-refractivity contribution in [2.45, 2.75) is 36.6 Å². The minimum absolute atomic E-state index is 0. The number of rotatable bonds is 6. The van der Waals surface area contributed by atoms with Crippen LogP contribution < -0.4 is 16.2 Å². The Labute approximate surface area is 137 Å². The molecule has 0 radical (unpaired) electrons. The van der Waals surface area contributed by atoms with E-state index in [-0.39, 0.29) is 41.4 Å². The first-order valence-electron chi connectivity index (χ1n) is 7.06. The highest BCUT2D eigenvalue weighted by molar-refractivity contribution is 7.89. The van der Waals surface area contributed by atoms with Crippen molar-refractivity contribution in [2.24, 2.45) is 17.4 Å². The summed E-state index contributed by atoms with van der Waals surface area (Å²) in [7, 11) is -3.70. The molecule has 0 spiro atoms. The molecule has 6 nitrogen and oxygen atoms in total. The zero-order valence-electron chi connectivity index (χ0n) is 12.2. The van der Waals surface area contributed by atoms with Crippen LogP contribution in [-0.4, -0.2) is 26.9 Å². The second-order valence-corrected chi connectivity index (χ2v) is 7.11. The molecule has 0 aliphatic heterocycles. The van der Waals surface area contributed by atoms with Gasteiger partial charge in [0.1, 0.15) is 0 Å². The van der Waals surface area contributed by atoms with Crippen molar-refractivity contribution >= 4 is 28.3 Å². The highest BCUT2D eigenvalue weighted by Crippen LogP contribution is 2.28. The molecule has 5 N–H and O–H groups in total. The van der Waals surface area contributed by atoms with Crippen LogP contribution >= 0.6 is 12.4 Å². The van der Waals surface area contributed by atoms with E-state index in [1.807, 2.05) is 0 Å². The molecule has 0 saturated heterocycles. The lowest BCUT2D eigenvalue weighted by Crippen LogP contribution is -2.44. The molecule has 1 aromatic rings. The van der Waals surface area contributed by atoms with Gasteiger partial charge < -0.3 is 11.5 Å². The van der Waals surface area contributed by atoms with Crippen LogP contribution in [0.4, 0.5) is 0 Å². The Morgan fingerprint density at radius 1 is 1.32 bits per heavy atom. The Hall–Kier alpha value is -1.15. The predicted octanol–water partition coefficient (Wildman–Crippen LogP) is 1.00. The summed E-state index contributed by atoms with van der Waals surface area (Å²) in [6.45, 7) is 0.263. The average Bonchev–Trinajstić information content (AvgIpc) is 2.99. The van der Waals surface area contributed by atoms with E-state index in [1.165, 1.54) is 24.3 Å². The number of hydrogen-bond acceptors (Lipinski definition) is 4. The normalized spacial score (nSPS) is 17.0. The molecule has 1 fully saturated rings. The van der Waals surface area contributed by atoms with Crippen LogP contribution in [0.5, 0.6) is 0 Å². The van der Waals surface area contributed by atoms with Crippen LogP contribution in [-0.2, 0) is 10.0 Å². The van der Waals surface area contributed by atoms with E-state index in [0.29, 0.717) is 0 Å². The van der Waals surface area contributed by atoms with Gasteiger partial charge >= 0.3 is 0 Å². The smallest absolute Gasteiger partial charge is 0.248 e. The van der Waals surface area contributed by atoms with E-state index in [4.69, 9.17) is 11.5 Å². The zero-order chi connectivity index (χ0) is 15.5. The molecule has 1 aromatic carbocycles. The second kappa shape index (κ2) is 7.92. The van der Waals surface area contributed by atoms with Crippen molar-refractivity contribution in [3.05, 3.63) is 29.8 Å². The van der Waals surface area contributed by atoms with Crippen molar-refractivity contribution < 1.29 is 13.2 Å². The summed E-state index contributed by atoms with van der Waals surface area (Å²) in [5.41, 5.74) is 11.1. The summed E-state index contributed by atoms with van der Waals surface area (Å²) in [4.78, 5) is 11.2. The lowest BCUT2D eigenvalue weighted by atomic mass is 9.99. The van der Waals surface area contributed by atoms with Gasteiger partial charge in [-0.15, -0.1) is 12.4 Å². The molecule has 22 heavy (non-hydrogen) atoms. The number of sulfonamides is 1. The van der Waals surface area contributed by atoms with Crippen LogP contribution in [0.1, 0.15) is 36.0 Å². The molecule has 0 aromatic heterocycles. The maximum Gasteiger partial charge on any atom is 0.248 e. The summed E-state index contributed by atoms with van der Waals surface area (Å²) in [6.07, 6.45) is 4.21. The van der Waals surface area contributed by atoms with E-state index in [1.54, 1.807) is 0 Å². The van der Waals surface area contributed by atoms with Crippen molar-refractivity contribution in [3.8, 4) is 0 Å². The lowest BCUT2D eigenvalue weighted by molar-refractivity contribution is 0.1000. The molecule has 0 bridgehead atoms. The molecular weight excluding hydrogens is 326 g/mol. The number of hydrogen-bond donors (Lipinski definition) is 3. The Morgan fingerprint density at radius 3 is 2.50 bits per heavy atom. The third-order valence-electron chi connectivity index (χ3n) is 3.96. The summed E-state index contributed by atoms with van der Waals surface area (Å²) >= 11 is 0. The SMILES string of the molecule is Cl.NCC(NS(=O)(=O)c1cccc(C(N)=O)c1)C1CCCC1. The van der Waals surface area contributed by atoms with Crippen molar-refractivity contribution in [2.75, 3.05) is 6.54 Å². The molecule has 1 saturated carbocycles. The maximum atomic E-state index is 12.4. The number of benzene rings is 1. The van der Waals surface area contributed by atoms with Crippen molar-refractivity contribution in [3.63, 3.8) is 0 Å². The minimum atomic E-state index is -3.70. The third kappa shape index (κ3) is 4.42. The van der Waals surface area contributed by atoms with Gasteiger partial charge in [0.05, 0.1) is 4.90 Å². The third-order valence-corrected chi connectivity index (χ3v) is 5.45. The number of nitrogens with two attached hydrogens (primary N) is 2. The first-order chi connectivity index (χ1) is 9.94. The molecule has 1 amide bonds. The number of amides is 1. The van der Waals surface area contributed by atoms with Gasteiger partial charge in [-0.25, -0.2) is 13.1 Å². The van der Waals surface area contributed by atoms with E-state index >= 15 is 0 Å². The van der Waals surface area contributed by atoms with Gasteiger partial charge in [0, 0.05) is 18.2 Å². The standard InChI is InChI=1S/C14H21N3O3S.ClH/c15-9-13(10-4-1-2-5-10)17-21(19,20)12-7-3-6-11(8-12)14(16)18;/h3,6-8,10,13,17H,1-2,4-5,9,15H2,(H2,16,18);1H. The van der Waals surface area contributed by atoms with Crippen LogP contribution in [0.3, 0.4) is 0 Å². The van der Waals surface area contributed by atoms with E-state index in [0.717, 1.165) is 25.7 Å². The quantitative estimate of drug-likeness (QED) is 0.712. The Morgan fingerprint density at radius 2 is 1.95 bits per heavy atom. The van der Waals surface area contributed by atoms with Gasteiger partial charge in [-0.3, -0.25) is 4.79 Å². The van der Waals surface area contributed by atoms with Crippen LogP contribution in [0.2, 0.25) is 0 Å². The molecule has 1 aliphatic carbocycles. The number of carbonyl (C=O) groups excluding carboxylic acids is 1. The van der Waals surface area contributed by atoms with Gasteiger partial charge in [0.15, 0.2) is 0 Å². The van der Waals surface area contributed by atoms with Crippen LogP contribution in [0.15, 0.2) is 29.2 Å². The number of nitrogens with one attached hydrogen (secondary N) is 1. The fourth-order valence-corrected chi connectivity index (χ4v) is 4.14. The first kappa shape index (κ1) is 18.9. The second-order valence-electron chi connectivity index (χ2n) is 5.40. The molecule has 1 unspecified atom stereocenters. The van der Waals surface area contributed by atoms with Crippen LogP contribution in [0, 0.1) is 5.92 Å². The monoisotopic (exact) mass is 347 g/mol. The van der Waals surface area contributed by atoms with Gasteiger partial charge in [-0.05, 0) is 37.0 Å². The van der Waals surface area contributed by atoms with Crippen LogP contribution in [0.25, 0.3) is 0 Å². The highest BCUT2D eigenvalue weighted by atomic mass is 35.5. The molecule has 2 rings (SSSR count). The van der Waals surface area contributed by atoms with E-state index < -0.39 is 15.9 Å². The molecule has 1 atom stereocenters. The molecule has 1 aliphatic rings. The Bertz CT molecular complexity index is 616. The highest BCUT2D eigenvalue weighted by Gasteiger charge is 2.28. The fraction of sp³-hybridized carbons (Fsp3) is 0.500.